The Morgan fingerprint density at radius 3 is 2.59 bits per heavy atom. The molecule has 0 saturated heterocycles. The molecule has 1 atom stereocenters. The highest BCUT2D eigenvalue weighted by atomic mass is 79.9. The molecule has 94 valence electrons. The molecule has 1 fully saturated rings. The van der Waals surface area contributed by atoms with E-state index in [1.165, 1.54) is 12.1 Å². The van der Waals surface area contributed by atoms with Gasteiger partial charge in [-0.2, -0.15) is 0 Å². The number of hydrogen-bond donors (Lipinski definition) is 1. The molecule has 1 aliphatic carbocycles. The Labute approximate surface area is 108 Å². The second-order valence-electron chi connectivity index (χ2n) is 4.73. The van der Waals surface area contributed by atoms with E-state index in [0.29, 0.717) is 6.42 Å². The lowest BCUT2D eigenvalue weighted by Gasteiger charge is -2.27. The second kappa shape index (κ2) is 4.65. The first kappa shape index (κ1) is 13.0. The first-order valence-corrected chi connectivity index (χ1v) is 6.62. The van der Waals surface area contributed by atoms with Crippen molar-refractivity contribution in [3.63, 3.8) is 0 Å². The Kier molecular flexibility index (Phi) is 3.55. The molecule has 1 aromatic rings. The number of benzene rings is 1. The van der Waals surface area contributed by atoms with E-state index in [2.05, 4.69) is 15.9 Å². The zero-order chi connectivity index (χ0) is 12.6. The number of rotatable bonds is 4. The van der Waals surface area contributed by atoms with Crippen molar-refractivity contribution in [1.29, 1.82) is 0 Å². The Bertz CT molecular complexity index is 432. The van der Waals surface area contributed by atoms with Gasteiger partial charge in [0.15, 0.2) is 0 Å². The van der Waals surface area contributed by atoms with E-state index in [-0.39, 0.29) is 22.4 Å². The van der Waals surface area contributed by atoms with E-state index in [0.717, 1.165) is 12.8 Å². The van der Waals surface area contributed by atoms with Crippen molar-refractivity contribution < 1.29 is 13.9 Å². The molecule has 0 bridgehead atoms. The predicted molar refractivity (Wildman–Crippen MR) is 65.7 cm³/mol. The predicted octanol–water partition coefficient (Wildman–Crippen LogP) is 3.82. The monoisotopic (exact) mass is 304 g/mol. The highest BCUT2D eigenvalue weighted by Crippen LogP contribution is 2.44. The highest BCUT2D eigenvalue weighted by Gasteiger charge is 2.43. The lowest BCUT2D eigenvalue weighted by atomic mass is 9.87. The summed E-state index contributed by atoms with van der Waals surface area (Å²) < 4.78 is 27.7. The van der Waals surface area contributed by atoms with Crippen molar-refractivity contribution >= 4 is 15.9 Å². The van der Waals surface area contributed by atoms with Crippen molar-refractivity contribution in [1.82, 2.24) is 0 Å². The summed E-state index contributed by atoms with van der Waals surface area (Å²) in [5.41, 5.74) is -0.988. The quantitative estimate of drug-likeness (QED) is 0.838. The molecule has 0 amide bonds. The van der Waals surface area contributed by atoms with Crippen LogP contribution in [0.4, 0.5) is 8.78 Å². The molecule has 1 nitrogen and oxygen atoms in total. The fraction of sp³-hybridized carbons (Fsp3) is 0.538. The van der Waals surface area contributed by atoms with Crippen molar-refractivity contribution in [2.24, 2.45) is 5.92 Å². The van der Waals surface area contributed by atoms with Gasteiger partial charge in [-0.25, -0.2) is 8.78 Å². The Hall–Kier alpha value is -0.480. The molecule has 0 radical (unpaired) electrons. The van der Waals surface area contributed by atoms with Gasteiger partial charge in [0.1, 0.15) is 11.6 Å². The van der Waals surface area contributed by atoms with Gasteiger partial charge in [0.25, 0.3) is 0 Å². The van der Waals surface area contributed by atoms with Gasteiger partial charge in [-0.05, 0) is 53.2 Å². The Balaban J connectivity index is 2.31. The summed E-state index contributed by atoms with van der Waals surface area (Å²) in [5.74, 6) is -0.999. The van der Waals surface area contributed by atoms with Crippen LogP contribution in [-0.2, 0) is 6.42 Å². The molecule has 0 aromatic heterocycles. The van der Waals surface area contributed by atoms with Crippen LogP contribution < -0.4 is 0 Å². The van der Waals surface area contributed by atoms with Gasteiger partial charge in [-0.3, -0.25) is 0 Å². The maximum atomic E-state index is 13.8. The molecular formula is C13H15BrF2O. The minimum atomic E-state index is -0.970. The maximum Gasteiger partial charge on any atom is 0.143 e. The summed E-state index contributed by atoms with van der Waals surface area (Å²) in [6, 6.07) is 2.57. The smallest absolute Gasteiger partial charge is 0.143 e. The Morgan fingerprint density at radius 2 is 2.06 bits per heavy atom. The summed E-state index contributed by atoms with van der Waals surface area (Å²) in [4.78, 5) is 0. The standard InChI is InChI=1S/C13H15BrF2O/c1-2-13(17,8-3-4-8)7-9-11(15)6-5-10(14)12(9)16/h5-6,8,17H,2-4,7H2,1H3. The van der Waals surface area contributed by atoms with Crippen LogP contribution >= 0.6 is 15.9 Å². The Morgan fingerprint density at radius 1 is 1.41 bits per heavy atom. The number of halogens is 3. The zero-order valence-electron chi connectivity index (χ0n) is 9.64. The molecule has 0 spiro atoms. The summed E-state index contributed by atoms with van der Waals surface area (Å²) >= 11 is 3.04. The third-order valence-corrected chi connectivity index (χ3v) is 4.18. The van der Waals surface area contributed by atoms with E-state index >= 15 is 0 Å². The van der Waals surface area contributed by atoms with Crippen LogP contribution in [-0.4, -0.2) is 10.7 Å². The van der Waals surface area contributed by atoms with Crippen molar-refractivity contribution in [3.8, 4) is 0 Å². The summed E-state index contributed by atoms with van der Waals surface area (Å²) in [6.45, 7) is 1.85. The van der Waals surface area contributed by atoms with Gasteiger partial charge in [0.05, 0.1) is 10.1 Å². The molecule has 1 aliphatic rings. The molecule has 17 heavy (non-hydrogen) atoms. The number of hydrogen-bond acceptors (Lipinski definition) is 1. The van der Waals surface area contributed by atoms with Gasteiger partial charge >= 0.3 is 0 Å². The van der Waals surface area contributed by atoms with Crippen LogP contribution in [0, 0.1) is 17.6 Å². The minimum absolute atomic E-state index is 0.0179. The summed E-state index contributed by atoms with van der Waals surface area (Å²) in [5, 5.41) is 10.4. The van der Waals surface area contributed by atoms with E-state index < -0.39 is 17.2 Å². The van der Waals surface area contributed by atoms with Crippen LogP contribution in [0.5, 0.6) is 0 Å². The summed E-state index contributed by atoms with van der Waals surface area (Å²) in [6.07, 6.45) is 2.46. The first-order chi connectivity index (χ1) is 7.98. The average molecular weight is 305 g/mol. The normalized spacial score (nSPS) is 19.1. The molecule has 0 aliphatic heterocycles. The van der Waals surface area contributed by atoms with Crippen molar-refractivity contribution in [2.75, 3.05) is 0 Å². The third kappa shape index (κ3) is 2.52. The molecule has 1 N–H and O–H groups in total. The number of aliphatic hydroxyl groups is 1. The molecule has 1 aromatic carbocycles. The molecule has 0 heterocycles. The minimum Gasteiger partial charge on any atom is -0.389 e. The fourth-order valence-corrected chi connectivity index (χ4v) is 2.59. The zero-order valence-corrected chi connectivity index (χ0v) is 11.2. The summed E-state index contributed by atoms with van der Waals surface area (Å²) in [7, 11) is 0. The second-order valence-corrected chi connectivity index (χ2v) is 5.58. The van der Waals surface area contributed by atoms with E-state index in [1.807, 2.05) is 6.92 Å². The van der Waals surface area contributed by atoms with Gasteiger partial charge in [-0.1, -0.05) is 6.92 Å². The van der Waals surface area contributed by atoms with E-state index in [1.54, 1.807) is 0 Å². The molecule has 1 unspecified atom stereocenters. The lowest BCUT2D eigenvalue weighted by Crippen LogP contribution is -2.34. The first-order valence-electron chi connectivity index (χ1n) is 5.82. The molecule has 4 heteroatoms. The van der Waals surface area contributed by atoms with Crippen LogP contribution in [0.15, 0.2) is 16.6 Å². The molecule has 1 saturated carbocycles. The van der Waals surface area contributed by atoms with Crippen molar-refractivity contribution in [3.05, 3.63) is 33.8 Å². The topological polar surface area (TPSA) is 20.2 Å². The third-order valence-electron chi connectivity index (χ3n) is 3.57. The van der Waals surface area contributed by atoms with Gasteiger partial charge < -0.3 is 5.11 Å². The van der Waals surface area contributed by atoms with Gasteiger partial charge in [0.2, 0.25) is 0 Å². The molecular weight excluding hydrogens is 290 g/mol. The van der Waals surface area contributed by atoms with Crippen LogP contribution in [0.1, 0.15) is 31.7 Å². The van der Waals surface area contributed by atoms with Crippen LogP contribution in [0.2, 0.25) is 0 Å². The van der Waals surface area contributed by atoms with Crippen LogP contribution in [0.3, 0.4) is 0 Å². The fourth-order valence-electron chi connectivity index (χ4n) is 2.22. The van der Waals surface area contributed by atoms with E-state index in [4.69, 9.17) is 0 Å². The highest BCUT2D eigenvalue weighted by molar-refractivity contribution is 9.10. The van der Waals surface area contributed by atoms with Crippen molar-refractivity contribution in [2.45, 2.75) is 38.2 Å². The van der Waals surface area contributed by atoms with E-state index in [9.17, 15) is 13.9 Å². The average Bonchev–Trinajstić information content (AvgIpc) is 3.14. The molecule has 2 rings (SSSR count). The maximum absolute atomic E-state index is 13.8. The lowest BCUT2D eigenvalue weighted by molar-refractivity contribution is 0.0123. The van der Waals surface area contributed by atoms with Gasteiger partial charge in [-0.15, -0.1) is 0 Å². The SMILES string of the molecule is CCC(O)(Cc1c(F)ccc(Br)c1F)C1CC1. The largest absolute Gasteiger partial charge is 0.389 e. The van der Waals surface area contributed by atoms with Gasteiger partial charge in [0, 0.05) is 12.0 Å². The van der Waals surface area contributed by atoms with Crippen LogP contribution in [0.25, 0.3) is 0 Å².